The average Bonchev–Trinajstić information content (AvgIpc) is 3.39. The van der Waals surface area contributed by atoms with Crippen molar-refractivity contribution in [3.8, 4) is 17.2 Å². The van der Waals surface area contributed by atoms with Gasteiger partial charge in [-0.25, -0.2) is 9.79 Å². The highest BCUT2D eigenvalue weighted by Crippen LogP contribution is 2.47. The molecule has 0 radical (unpaired) electrons. The van der Waals surface area contributed by atoms with Crippen molar-refractivity contribution in [2.75, 3.05) is 20.1 Å². The predicted molar refractivity (Wildman–Crippen MR) is 141 cm³/mol. The Morgan fingerprint density at radius 2 is 1.95 bits per heavy atom. The lowest BCUT2D eigenvalue weighted by Crippen LogP contribution is -2.63. The zero-order valence-corrected chi connectivity index (χ0v) is 21.4. The van der Waals surface area contributed by atoms with Gasteiger partial charge in [0.2, 0.25) is 5.91 Å². The summed E-state index contributed by atoms with van der Waals surface area (Å²) in [5, 5.41) is 11.3. The van der Waals surface area contributed by atoms with Crippen LogP contribution in [-0.4, -0.2) is 47.9 Å². The second kappa shape index (κ2) is 9.71. The molecule has 1 aromatic heterocycles. The quantitative estimate of drug-likeness (QED) is 0.550. The minimum absolute atomic E-state index is 0.0893. The average molecular weight is 514 g/mol. The van der Waals surface area contributed by atoms with Gasteiger partial charge in [0.25, 0.3) is 0 Å². The fourth-order valence-corrected chi connectivity index (χ4v) is 6.08. The number of hydrogen-bond donors (Lipinski definition) is 1. The maximum Gasteiger partial charge on any atom is 0.410 e. The van der Waals surface area contributed by atoms with E-state index in [2.05, 4.69) is 6.07 Å². The SMILES string of the molecule is CN1C(=O)[C@H](C2CN(C(=O)OCc3ccccc3)C2)[C@@](C)(c2cc(-c3cccc(C#N)c3)cs2)N=C1N. The Labute approximate surface area is 219 Å². The smallest absolute Gasteiger partial charge is 0.410 e. The first-order chi connectivity index (χ1) is 17.8. The molecule has 0 bridgehead atoms. The molecule has 0 aliphatic carbocycles. The molecule has 9 heteroatoms. The van der Waals surface area contributed by atoms with Gasteiger partial charge in [0.1, 0.15) is 12.1 Å². The fourth-order valence-electron chi connectivity index (χ4n) is 5.02. The Bertz CT molecular complexity index is 1410. The Kier molecular flexibility index (Phi) is 6.44. The van der Waals surface area contributed by atoms with Crippen LogP contribution in [0.5, 0.6) is 0 Å². The van der Waals surface area contributed by atoms with E-state index < -0.39 is 17.6 Å². The molecule has 0 unspecified atom stereocenters. The van der Waals surface area contributed by atoms with Gasteiger partial charge in [-0.05, 0) is 47.2 Å². The molecular weight excluding hydrogens is 486 g/mol. The molecule has 2 N–H and O–H groups in total. The van der Waals surface area contributed by atoms with Crippen molar-refractivity contribution in [3.05, 3.63) is 82.0 Å². The highest BCUT2D eigenvalue weighted by Gasteiger charge is 2.54. The Hall–Kier alpha value is -4.16. The summed E-state index contributed by atoms with van der Waals surface area (Å²) in [4.78, 5) is 34.8. The van der Waals surface area contributed by atoms with Gasteiger partial charge >= 0.3 is 6.09 Å². The third-order valence-corrected chi connectivity index (χ3v) is 8.32. The standard InChI is InChI=1S/C28H27N5O3S/c1-28(23-12-21(17-37-23)20-10-6-9-19(11-20)13-29)24(25(34)32(2)26(30)31-28)22-14-33(15-22)27(35)36-16-18-7-4-3-5-8-18/h3-12,17,22,24H,14-16H2,1-2H3,(H2,30,31)/t24-,28+/m0/s1. The van der Waals surface area contributed by atoms with Crippen LogP contribution in [-0.2, 0) is 21.7 Å². The van der Waals surface area contributed by atoms with Gasteiger partial charge in [-0.1, -0.05) is 42.5 Å². The van der Waals surface area contributed by atoms with Gasteiger partial charge in [-0.15, -0.1) is 11.3 Å². The van der Waals surface area contributed by atoms with E-state index in [0.29, 0.717) is 18.7 Å². The van der Waals surface area contributed by atoms with E-state index in [1.807, 2.05) is 66.9 Å². The molecule has 5 rings (SSSR count). The number of guanidine groups is 1. The number of ether oxygens (including phenoxy) is 1. The van der Waals surface area contributed by atoms with E-state index in [9.17, 15) is 14.9 Å². The molecule has 2 amide bonds. The van der Waals surface area contributed by atoms with Crippen LogP contribution in [0.4, 0.5) is 4.79 Å². The normalized spacial score (nSPS) is 21.7. The molecule has 2 atom stereocenters. The molecular formula is C28H27N5O3S. The number of nitriles is 1. The van der Waals surface area contributed by atoms with E-state index in [1.165, 1.54) is 16.2 Å². The molecule has 2 aliphatic rings. The number of carbonyl (C=O) groups is 2. The van der Waals surface area contributed by atoms with Gasteiger partial charge in [0.15, 0.2) is 5.96 Å². The van der Waals surface area contributed by atoms with E-state index in [-0.39, 0.29) is 24.4 Å². The van der Waals surface area contributed by atoms with Crippen LogP contribution in [0, 0.1) is 23.2 Å². The maximum absolute atomic E-state index is 13.5. The molecule has 188 valence electrons. The minimum Gasteiger partial charge on any atom is -0.445 e. The minimum atomic E-state index is -0.881. The van der Waals surface area contributed by atoms with Crippen molar-refractivity contribution in [1.82, 2.24) is 9.80 Å². The molecule has 2 aliphatic heterocycles. The summed E-state index contributed by atoms with van der Waals surface area (Å²) in [5.74, 6) is -0.518. The number of rotatable bonds is 5. The summed E-state index contributed by atoms with van der Waals surface area (Å²) in [6.45, 7) is 2.96. The largest absolute Gasteiger partial charge is 0.445 e. The Morgan fingerprint density at radius 3 is 2.68 bits per heavy atom. The van der Waals surface area contributed by atoms with E-state index in [4.69, 9.17) is 15.5 Å². The summed E-state index contributed by atoms with van der Waals surface area (Å²) in [7, 11) is 1.63. The first-order valence-corrected chi connectivity index (χ1v) is 12.9. The topological polar surface area (TPSA) is 112 Å². The number of hydrogen-bond acceptors (Lipinski definition) is 7. The second-order valence-corrected chi connectivity index (χ2v) is 10.5. The van der Waals surface area contributed by atoms with Crippen molar-refractivity contribution < 1.29 is 14.3 Å². The van der Waals surface area contributed by atoms with Crippen LogP contribution < -0.4 is 5.73 Å². The fraction of sp³-hybridized carbons (Fsp3) is 0.286. The molecule has 1 saturated heterocycles. The first-order valence-electron chi connectivity index (χ1n) is 12.0. The van der Waals surface area contributed by atoms with Crippen molar-refractivity contribution in [3.63, 3.8) is 0 Å². The van der Waals surface area contributed by atoms with Gasteiger partial charge < -0.3 is 15.4 Å². The summed E-state index contributed by atoms with van der Waals surface area (Å²) < 4.78 is 5.46. The highest BCUT2D eigenvalue weighted by atomic mass is 32.1. The third kappa shape index (κ3) is 4.56. The Balaban J connectivity index is 1.36. The van der Waals surface area contributed by atoms with Crippen LogP contribution in [0.15, 0.2) is 71.0 Å². The molecule has 1 fully saturated rings. The van der Waals surface area contributed by atoms with E-state index in [1.54, 1.807) is 18.0 Å². The second-order valence-electron chi connectivity index (χ2n) is 9.59. The molecule has 0 spiro atoms. The number of likely N-dealkylation sites (tertiary alicyclic amines) is 1. The zero-order chi connectivity index (χ0) is 26.2. The summed E-state index contributed by atoms with van der Waals surface area (Å²) in [5.41, 5.74) is 8.67. The van der Waals surface area contributed by atoms with Crippen LogP contribution in [0.2, 0.25) is 0 Å². The van der Waals surface area contributed by atoms with Gasteiger partial charge in [-0.2, -0.15) is 5.26 Å². The highest BCUT2D eigenvalue weighted by molar-refractivity contribution is 7.10. The number of amides is 2. The predicted octanol–water partition coefficient (Wildman–Crippen LogP) is 4.17. The summed E-state index contributed by atoms with van der Waals surface area (Å²) in [6.07, 6.45) is -0.391. The number of nitrogens with two attached hydrogens (primary N) is 1. The van der Waals surface area contributed by atoms with Gasteiger partial charge in [0.05, 0.1) is 17.6 Å². The number of thiophene rings is 1. The van der Waals surface area contributed by atoms with Crippen molar-refractivity contribution in [2.45, 2.75) is 19.1 Å². The van der Waals surface area contributed by atoms with Crippen molar-refractivity contribution in [2.24, 2.45) is 22.6 Å². The van der Waals surface area contributed by atoms with E-state index >= 15 is 0 Å². The monoisotopic (exact) mass is 513 g/mol. The first kappa shape index (κ1) is 24.5. The van der Waals surface area contributed by atoms with E-state index in [0.717, 1.165) is 21.6 Å². The molecule has 3 aromatic rings. The lowest BCUT2D eigenvalue weighted by molar-refractivity contribution is -0.139. The molecule has 2 aromatic carbocycles. The number of carbonyl (C=O) groups excluding carboxylic acids is 2. The summed E-state index contributed by atoms with van der Waals surface area (Å²) >= 11 is 1.52. The maximum atomic E-state index is 13.5. The van der Waals surface area contributed by atoms with Gasteiger partial charge in [0, 0.05) is 30.9 Å². The number of aliphatic imine (C=N–C) groups is 1. The van der Waals surface area contributed by atoms with Crippen LogP contribution in [0.3, 0.4) is 0 Å². The number of nitrogens with zero attached hydrogens (tertiary/aromatic N) is 4. The molecule has 37 heavy (non-hydrogen) atoms. The van der Waals surface area contributed by atoms with Crippen LogP contribution >= 0.6 is 11.3 Å². The van der Waals surface area contributed by atoms with Gasteiger partial charge in [-0.3, -0.25) is 9.69 Å². The zero-order valence-electron chi connectivity index (χ0n) is 20.6. The lowest BCUT2D eigenvalue weighted by atomic mass is 9.71. The lowest BCUT2D eigenvalue weighted by Gasteiger charge is -2.49. The molecule has 0 saturated carbocycles. The number of benzene rings is 2. The molecule has 3 heterocycles. The Morgan fingerprint density at radius 1 is 1.19 bits per heavy atom. The van der Waals surface area contributed by atoms with Crippen molar-refractivity contribution in [1.29, 1.82) is 5.26 Å². The molecule has 8 nitrogen and oxygen atoms in total. The van der Waals surface area contributed by atoms with Crippen LogP contribution in [0.1, 0.15) is 22.9 Å². The van der Waals surface area contributed by atoms with Crippen LogP contribution in [0.25, 0.3) is 11.1 Å². The summed E-state index contributed by atoms with van der Waals surface area (Å²) in [6, 6.07) is 21.1. The third-order valence-electron chi connectivity index (χ3n) is 7.16. The van der Waals surface area contributed by atoms with Crippen molar-refractivity contribution >= 4 is 29.3 Å².